The highest BCUT2D eigenvalue weighted by atomic mass is 35.5. The maximum Gasteiger partial charge on any atom is 0.224 e. The zero-order chi connectivity index (χ0) is 18.7. The van der Waals surface area contributed by atoms with Crippen LogP contribution in [0.1, 0.15) is 57.9 Å². The first-order valence-electron chi connectivity index (χ1n) is 9.46. The van der Waals surface area contributed by atoms with E-state index in [1.54, 1.807) is 12.1 Å². The van der Waals surface area contributed by atoms with Gasteiger partial charge in [-0.25, -0.2) is 4.39 Å². The molecular weight excluding hydrogens is 349 g/mol. The first-order valence-corrected chi connectivity index (χ1v) is 9.84. The summed E-state index contributed by atoms with van der Waals surface area (Å²) in [4.78, 5) is 16.0. The predicted octanol–water partition coefficient (Wildman–Crippen LogP) is 6.08. The van der Waals surface area contributed by atoms with Gasteiger partial charge in [-0.2, -0.15) is 0 Å². The molecule has 2 fully saturated rings. The van der Waals surface area contributed by atoms with Gasteiger partial charge in [0.15, 0.2) is 0 Å². The standard InChI is InChI=1S/C22H25ClFNO/c1-13(20(23)26)14-9-21(2)11-15(12-22(21,3)10-14)17-6-7-25-19-5-4-16(24)8-18(17)19/h4-8,13-15H,9-12H2,1-3H3/t13?,14?,15-,21+,22-. The third-order valence-electron chi connectivity index (χ3n) is 7.52. The maximum absolute atomic E-state index is 13.8. The smallest absolute Gasteiger partial charge is 0.224 e. The van der Waals surface area contributed by atoms with Crippen molar-refractivity contribution in [3.8, 4) is 0 Å². The molecule has 5 atom stereocenters. The first-order chi connectivity index (χ1) is 12.2. The van der Waals surface area contributed by atoms with Crippen molar-refractivity contribution in [3.05, 3.63) is 41.8 Å². The SMILES string of the molecule is CC(C(=O)Cl)C1C[C@@]2(C)C[C@@H](c3ccnc4ccc(F)cc34)C[C@@]2(C)C1. The Hall–Kier alpha value is -1.48. The second kappa shape index (κ2) is 6.02. The zero-order valence-corrected chi connectivity index (χ0v) is 16.3. The number of hydrogen-bond donors (Lipinski definition) is 0. The molecule has 0 bridgehead atoms. The Bertz CT molecular complexity index is 864. The van der Waals surface area contributed by atoms with Crippen LogP contribution in [0.3, 0.4) is 0 Å². The maximum atomic E-state index is 13.8. The summed E-state index contributed by atoms with van der Waals surface area (Å²) in [7, 11) is 0. The number of pyridine rings is 1. The summed E-state index contributed by atoms with van der Waals surface area (Å²) < 4.78 is 13.8. The minimum absolute atomic E-state index is 0.0785. The number of aromatic nitrogens is 1. The van der Waals surface area contributed by atoms with E-state index >= 15 is 0 Å². The Morgan fingerprint density at radius 1 is 1.19 bits per heavy atom. The van der Waals surface area contributed by atoms with Gasteiger partial charge >= 0.3 is 0 Å². The van der Waals surface area contributed by atoms with Crippen molar-refractivity contribution in [2.75, 3.05) is 0 Å². The Kier molecular flexibility index (Phi) is 4.15. The van der Waals surface area contributed by atoms with Crippen LogP contribution in [0.2, 0.25) is 0 Å². The fourth-order valence-corrected chi connectivity index (χ4v) is 5.97. The summed E-state index contributed by atoms with van der Waals surface area (Å²) in [6.45, 7) is 6.69. The van der Waals surface area contributed by atoms with Gasteiger partial charge in [-0.05, 0) is 89.8 Å². The van der Waals surface area contributed by atoms with E-state index in [1.807, 2.05) is 13.1 Å². The molecule has 0 spiro atoms. The molecule has 2 aliphatic carbocycles. The fraction of sp³-hybridized carbons (Fsp3) is 0.545. The molecule has 1 heterocycles. The van der Waals surface area contributed by atoms with Gasteiger partial charge in [0.1, 0.15) is 5.82 Å². The molecule has 0 N–H and O–H groups in total. The van der Waals surface area contributed by atoms with Crippen LogP contribution in [-0.4, -0.2) is 10.2 Å². The fourth-order valence-electron chi connectivity index (χ4n) is 5.80. The van der Waals surface area contributed by atoms with Crippen LogP contribution in [0.5, 0.6) is 0 Å². The number of fused-ring (bicyclic) bond motifs is 2. The first kappa shape index (κ1) is 17.9. The van der Waals surface area contributed by atoms with Crippen LogP contribution >= 0.6 is 11.6 Å². The third kappa shape index (κ3) is 2.67. The molecule has 2 nitrogen and oxygen atoms in total. The van der Waals surface area contributed by atoms with Crippen LogP contribution in [0.25, 0.3) is 10.9 Å². The molecule has 138 valence electrons. The van der Waals surface area contributed by atoms with E-state index in [0.29, 0.717) is 11.8 Å². The van der Waals surface area contributed by atoms with Crippen molar-refractivity contribution in [2.45, 2.75) is 52.4 Å². The van der Waals surface area contributed by atoms with Gasteiger partial charge in [0.05, 0.1) is 5.52 Å². The molecule has 2 saturated carbocycles. The van der Waals surface area contributed by atoms with Crippen molar-refractivity contribution in [3.63, 3.8) is 0 Å². The molecule has 2 unspecified atom stereocenters. The van der Waals surface area contributed by atoms with Crippen molar-refractivity contribution < 1.29 is 9.18 Å². The topological polar surface area (TPSA) is 30.0 Å². The molecule has 26 heavy (non-hydrogen) atoms. The molecule has 1 aromatic heterocycles. The number of nitrogens with zero attached hydrogens (tertiary/aromatic N) is 1. The molecule has 4 heteroatoms. The second-order valence-electron chi connectivity index (χ2n) is 9.05. The Balaban J connectivity index is 1.66. The number of rotatable bonds is 3. The van der Waals surface area contributed by atoms with Gasteiger partial charge in [0.2, 0.25) is 5.24 Å². The minimum atomic E-state index is -0.214. The van der Waals surface area contributed by atoms with Crippen molar-refractivity contribution in [2.24, 2.45) is 22.7 Å². The van der Waals surface area contributed by atoms with Crippen LogP contribution in [-0.2, 0) is 4.79 Å². The van der Waals surface area contributed by atoms with Gasteiger partial charge in [-0.3, -0.25) is 9.78 Å². The minimum Gasteiger partial charge on any atom is -0.281 e. The lowest BCUT2D eigenvalue weighted by molar-refractivity contribution is -0.116. The van der Waals surface area contributed by atoms with Crippen LogP contribution in [0.4, 0.5) is 4.39 Å². The molecule has 4 rings (SSSR count). The van der Waals surface area contributed by atoms with E-state index in [-0.39, 0.29) is 27.8 Å². The lowest BCUT2D eigenvalue weighted by atomic mass is 9.71. The second-order valence-corrected chi connectivity index (χ2v) is 9.42. The van der Waals surface area contributed by atoms with E-state index < -0.39 is 0 Å². The largest absolute Gasteiger partial charge is 0.281 e. The number of carbonyl (C=O) groups excluding carboxylic acids is 1. The average Bonchev–Trinajstić information content (AvgIpc) is 2.97. The Morgan fingerprint density at radius 2 is 1.85 bits per heavy atom. The molecule has 0 radical (unpaired) electrons. The average molecular weight is 374 g/mol. The summed E-state index contributed by atoms with van der Waals surface area (Å²) in [6.07, 6.45) is 6.05. The van der Waals surface area contributed by atoms with E-state index in [1.165, 1.54) is 11.6 Å². The van der Waals surface area contributed by atoms with Gasteiger partial charge in [0.25, 0.3) is 0 Å². The lowest BCUT2D eigenvalue weighted by Crippen LogP contribution is -2.25. The summed E-state index contributed by atoms with van der Waals surface area (Å²) >= 11 is 5.78. The Morgan fingerprint density at radius 3 is 2.46 bits per heavy atom. The van der Waals surface area contributed by atoms with Crippen molar-refractivity contribution >= 4 is 27.7 Å². The summed E-state index contributed by atoms with van der Waals surface area (Å²) in [6, 6.07) is 6.91. The van der Waals surface area contributed by atoms with E-state index in [9.17, 15) is 9.18 Å². The molecule has 2 aromatic rings. The molecule has 0 amide bonds. The highest BCUT2D eigenvalue weighted by Gasteiger charge is 2.59. The van der Waals surface area contributed by atoms with Gasteiger partial charge in [0, 0.05) is 17.5 Å². The summed E-state index contributed by atoms with van der Waals surface area (Å²) in [5.41, 5.74) is 2.44. The van der Waals surface area contributed by atoms with E-state index in [4.69, 9.17) is 11.6 Å². The lowest BCUT2D eigenvalue weighted by Gasteiger charge is -2.34. The van der Waals surface area contributed by atoms with E-state index in [0.717, 1.165) is 36.6 Å². The van der Waals surface area contributed by atoms with Crippen molar-refractivity contribution in [1.29, 1.82) is 0 Å². The van der Waals surface area contributed by atoms with Crippen LogP contribution in [0, 0.1) is 28.5 Å². The summed E-state index contributed by atoms with van der Waals surface area (Å²) in [5.74, 6) is 0.477. The molecule has 1 aromatic carbocycles. The monoisotopic (exact) mass is 373 g/mol. The van der Waals surface area contributed by atoms with E-state index in [2.05, 4.69) is 24.9 Å². The quantitative estimate of drug-likeness (QED) is 0.610. The van der Waals surface area contributed by atoms with Gasteiger partial charge in [-0.15, -0.1) is 0 Å². The normalized spacial score (nSPS) is 34.8. The molecule has 0 aliphatic heterocycles. The molecule has 0 saturated heterocycles. The molecular formula is C22H25ClFNO. The number of halogens is 2. The van der Waals surface area contributed by atoms with Gasteiger partial charge < -0.3 is 0 Å². The number of carbonyl (C=O) groups is 1. The predicted molar refractivity (Wildman–Crippen MR) is 103 cm³/mol. The Labute approximate surface area is 159 Å². The van der Waals surface area contributed by atoms with Crippen LogP contribution in [0.15, 0.2) is 30.5 Å². The highest BCUT2D eigenvalue weighted by molar-refractivity contribution is 6.63. The molecule has 2 aliphatic rings. The highest BCUT2D eigenvalue weighted by Crippen LogP contribution is 2.68. The van der Waals surface area contributed by atoms with Crippen molar-refractivity contribution in [1.82, 2.24) is 4.98 Å². The van der Waals surface area contributed by atoms with Crippen LogP contribution < -0.4 is 0 Å². The summed E-state index contributed by atoms with van der Waals surface area (Å²) in [5, 5.41) is 0.722. The van der Waals surface area contributed by atoms with Gasteiger partial charge in [-0.1, -0.05) is 20.8 Å². The zero-order valence-electron chi connectivity index (χ0n) is 15.6. The number of benzene rings is 1. The number of hydrogen-bond acceptors (Lipinski definition) is 2. The third-order valence-corrected chi connectivity index (χ3v) is 7.86.